The topological polar surface area (TPSA) is 50.8 Å². The molecule has 0 saturated carbocycles. The maximum absolute atomic E-state index is 12.5. The lowest BCUT2D eigenvalue weighted by molar-refractivity contribution is 0.0669. The van der Waals surface area contributed by atoms with Gasteiger partial charge in [-0.2, -0.15) is 0 Å². The first kappa shape index (κ1) is 18.2. The molecule has 0 radical (unpaired) electrons. The number of carbonyl (C=O) groups excluding carboxylic acids is 1. The zero-order valence-electron chi connectivity index (χ0n) is 13.1. The Bertz CT molecular complexity index is 562. The molecule has 0 aromatic heterocycles. The molecule has 1 aromatic carbocycles. The Labute approximate surface area is 150 Å². The average molecular weight is 401 g/mol. The number of amides is 1. The zero-order valence-corrected chi connectivity index (χ0v) is 15.5. The fourth-order valence-electron chi connectivity index (χ4n) is 2.14. The molecule has 0 unspecified atom stereocenters. The molecule has 1 saturated heterocycles. The fraction of sp³-hybridized carbons (Fsp3) is 0.500. The fourth-order valence-corrected chi connectivity index (χ4v) is 2.78. The van der Waals surface area contributed by atoms with Crippen molar-refractivity contribution in [1.29, 1.82) is 0 Å². The summed E-state index contributed by atoms with van der Waals surface area (Å²) in [6, 6.07) is 5.41. The highest BCUT2D eigenvalue weighted by atomic mass is 79.9. The molecule has 1 heterocycles. The van der Waals surface area contributed by atoms with E-state index in [4.69, 9.17) is 21.7 Å². The van der Waals surface area contributed by atoms with Crippen molar-refractivity contribution in [2.24, 2.45) is 0 Å². The average Bonchev–Trinajstić information content (AvgIpc) is 2.57. The van der Waals surface area contributed by atoms with Crippen LogP contribution in [0.5, 0.6) is 5.75 Å². The third-order valence-electron chi connectivity index (χ3n) is 3.46. The number of hydrogen-bond acceptors (Lipinski definition) is 4. The second-order valence-electron chi connectivity index (χ2n) is 5.20. The number of nitrogens with zero attached hydrogens (tertiary/aromatic N) is 1. The van der Waals surface area contributed by atoms with Gasteiger partial charge in [0.15, 0.2) is 5.11 Å². The molecular weight excluding hydrogens is 380 g/mol. The molecule has 0 atom stereocenters. The highest BCUT2D eigenvalue weighted by Gasteiger charge is 2.19. The van der Waals surface area contributed by atoms with Gasteiger partial charge < -0.3 is 14.4 Å². The van der Waals surface area contributed by atoms with E-state index in [0.717, 1.165) is 17.3 Å². The first-order chi connectivity index (χ1) is 11.1. The predicted octanol–water partition coefficient (Wildman–Crippen LogP) is 2.97. The number of unbranched alkanes of at least 4 members (excludes halogenated alkanes) is 1. The third kappa shape index (κ3) is 5.44. The van der Waals surface area contributed by atoms with Crippen molar-refractivity contribution >= 4 is 39.2 Å². The van der Waals surface area contributed by atoms with E-state index in [1.54, 1.807) is 12.1 Å². The molecular formula is C16H21BrN2O3S. The molecule has 1 aliphatic rings. The largest absolute Gasteiger partial charge is 0.493 e. The quantitative estimate of drug-likeness (QED) is 0.608. The van der Waals surface area contributed by atoms with Crippen LogP contribution in [0.1, 0.15) is 30.1 Å². The van der Waals surface area contributed by atoms with Crippen LogP contribution < -0.4 is 10.1 Å². The van der Waals surface area contributed by atoms with Gasteiger partial charge in [0.1, 0.15) is 5.75 Å². The van der Waals surface area contributed by atoms with Gasteiger partial charge in [0, 0.05) is 17.6 Å². The predicted molar refractivity (Wildman–Crippen MR) is 97.0 cm³/mol. The second-order valence-corrected chi connectivity index (χ2v) is 6.50. The standard InChI is InChI=1S/C16H21BrN2O3S/c1-2-3-8-22-14-5-4-12(17)11-13(14)15(20)18-16(23)19-6-9-21-10-7-19/h4-5,11H,2-3,6-10H2,1H3,(H,18,20,23). The normalized spacial score (nSPS) is 14.4. The van der Waals surface area contributed by atoms with Gasteiger partial charge in [0.05, 0.1) is 25.4 Å². The van der Waals surface area contributed by atoms with E-state index in [9.17, 15) is 4.79 Å². The van der Waals surface area contributed by atoms with Gasteiger partial charge in [-0.05, 0) is 36.8 Å². The maximum atomic E-state index is 12.5. The van der Waals surface area contributed by atoms with Gasteiger partial charge in [0.2, 0.25) is 0 Å². The van der Waals surface area contributed by atoms with Crippen molar-refractivity contribution in [3.05, 3.63) is 28.2 Å². The first-order valence-corrected chi connectivity index (χ1v) is 8.92. The van der Waals surface area contributed by atoms with Crippen molar-refractivity contribution in [1.82, 2.24) is 10.2 Å². The van der Waals surface area contributed by atoms with Crippen LogP contribution >= 0.6 is 28.1 Å². The summed E-state index contributed by atoms with van der Waals surface area (Å²) in [6.07, 6.45) is 1.99. The SMILES string of the molecule is CCCCOc1ccc(Br)cc1C(=O)NC(=S)N1CCOCC1. The molecule has 1 N–H and O–H groups in total. The van der Waals surface area contributed by atoms with Crippen LogP contribution in [0.2, 0.25) is 0 Å². The Morgan fingerprint density at radius 2 is 2.17 bits per heavy atom. The van der Waals surface area contributed by atoms with Crippen molar-refractivity contribution in [3.8, 4) is 5.75 Å². The van der Waals surface area contributed by atoms with Crippen LogP contribution in [0.15, 0.2) is 22.7 Å². The Hall–Kier alpha value is -1.18. The number of benzene rings is 1. The molecule has 1 amide bonds. The van der Waals surface area contributed by atoms with E-state index in [2.05, 4.69) is 28.2 Å². The lowest BCUT2D eigenvalue weighted by Gasteiger charge is -2.29. The number of carbonyl (C=O) groups is 1. The summed E-state index contributed by atoms with van der Waals surface area (Å²) in [7, 11) is 0. The lowest BCUT2D eigenvalue weighted by atomic mass is 10.2. The van der Waals surface area contributed by atoms with Crippen LogP contribution in [-0.2, 0) is 4.74 Å². The van der Waals surface area contributed by atoms with E-state index in [0.29, 0.717) is 49.3 Å². The van der Waals surface area contributed by atoms with Crippen molar-refractivity contribution in [2.45, 2.75) is 19.8 Å². The highest BCUT2D eigenvalue weighted by Crippen LogP contribution is 2.23. The van der Waals surface area contributed by atoms with Crippen molar-refractivity contribution in [3.63, 3.8) is 0 Å². The molecule has 0 aliphatic carbocycles. The zero-order chi connectivity index (χ0) is 16.7. The van der Waals surface area contributed by atoms with E-state index < -0.39 is 0 Å². The van der Waals surface area contributed by atoms with E-state index in [1.165, 1.54) is 0 Å². The Balaban J connectivity index is 2.04. The third-order valence-corrected chi connectivity index (χ3v) is 4.31. The molecule has 0 spiro atoms. The van der Waals surface area contributed by atoms with Gasteiger partial charge in [-0.25, -0.2) is 0 Å². The highest BCUT2D eigenvalue weighted by molar-refractivity contribution is 9.10. The molecule has 7 heteroatoms. The number of halogens is 1. The van der Waals surface area contributed by atoms with Gasteiger partial charge >= 0.3 is 0 Å². The summed E-state index contributed by atoms with van der Waals surface area (Å²) in [4.78, 5) is 14.5. The number of rotatable bonds is 5. The van der Waals surface area contributed by atoms with Crippen LogP contribution in [0.3, 0.4) is 0 Å². The molecule has 5 nitrogen and oxygen atoms in total. The Kier molecular flexibility index (Phi) is 7.26. The van der Waals surface area contributed by atoms with Crippen molar-refractivity contribution < 1.29 is 14.3 Å². The van der Waals surface area contributed by atoms with E-state index in [1.807, 2.05) is 11.0 Å². The van der Waals surface area contributed by atoms with Gasteiger partial charge in [-0.15, -0.1) is 0 Å². The molecule has 126 valence electrons. The van der Waals surface area contributed by atoms with Crippen LogP contribution in [0.25, 0.3) is 0 Å². The number of hydrogen-bond donors (Lipinski definition) is 1. The number of ether oxygens (including phenoxy) is 2. The smallest absolute Gasteiger partial charge is 0.261 e. The van der Waals surface area contributed by atoms with Crippen molar-refractivity contribution in [2.75, 3.05) is 32.9 Å². The molecule has 1 fully saturated rings. The molecule has 1 aromatic rings. The monoisotopic (exact) mass is 400 g/mol. The van der Waals surface area contributed by atoms with Crippen LogP contribution in [0, 0.1) is 0 Å². The summed E-state index contributed by atoms with van der Waals surface area (Å²) < 4.78 is 11.8. The summed E-state index contributed by atoms with van der Waals surface area (Å²) in [5, 5.41) is 3.21. The van der Waals surface area contributed by atoms with Gasteiger partial charge in [-0.1, -0.05) is 29.3 Å². The maximum Gasteiger partial charge on any atom is 0.261 e. The number of thiocarbonyl (C=S) groups is 1. The summed E-state index contributed by atoms with van der Waals surface area (Å²) in [5.74, 6) is 0.318. The summed E-state index contributed by atoms with van der Waals surface area (Å²) >= 11 is 8.71. The van der Waals surface area contributed by atoms with E-state index in [-0.39, 0.29) is 5.91 Å². The van der Waals surface area contributed by atoms with Gasteiger partial charge in [-0.3, -0.25) is 10.1 Å². The van der Waals surface area contributed by atoms with Crippen LogP contribution in [-0.4, -0.2) is 48.8 Å². The molecule has 0 bridgehead atoms. The molecule has 23 heavy (non-hydrogen) atoms. The lowest BCUT2D eigenvalue weighted by Crippen LogP contribution is -2.47. The minimum absolute atomic E-state index is 0.255. The second kappa shape index (κ2) is 9.20. The number of morpholine rings is 1. The minimum Gasteiger partial charge on any atom is -0.493 e. The summed E-state index contributed by atoms with van der Waals surface area (Å²) in [6.45, 7) is 5.32. The number of nitrogens with one attached hydrogen (secondary N) is 1. The summed E-state index contributed by atoms with van der Waals surface area (Å²) in [5.41, 5.74) is 0.478. The minimum atomic E-state index is -0.255. The van der Waals surface area contributed by atoms with Gasteiger partial charge in [0.25, 0.3) is 5.91 Å². The first-order valence-electron chi connectivity index (χ1n) is 7.72. The molecule has 2 rings (SSSR count). The Morgan fingerprint density at radius 1 is 1.43 bits per heavy atom. The molecule has 1 aliphatic heterocycles. The van der Waals surface area contributed by atoms with Crippen LogP contribution in [0.4, 0.5) is 0 Å². The Morgan fingerprint density at radius 3 is 2.87 bits per heavy atom. The van der Waals surface area contributed by atoms with E-state index >= 15 is 0 Å².